The first-order valence-electron chi connectivity index (χ1n) is 13.7. The van der Waals surface area contributed by atoms with Gasteiger partial charge in [0.15, 0.2) is 0 Å². The number of aliphatic hydroxyl groups excluding tert-OH is 1. The summed E-state index contributed by atoms with van der Waals surface area (Å²) in [5.41, 5.74) is 4.80. The second kappa shape index (κ2) is 11.1. The molecule has 0 spiro atoms. The van der Waals surface area contributed by atoms with Gasteiger partial charge in [-0.15, -0.1) is 0 Å². The van der Waals surface area contributed by atoms with Crippen molar-refractivity contribution in [1.29, 1.82) is 0 Å². The molecular weight excluding hydrogens is 434 g/mol. The maximum absolute atomic E-state index is 10.1. The van der Waals surface area contributed by atoms with Crippen molar-refractivity contribution in [3.63, 3.8) is 0 Å². The summed E-state index contributed by atoms with van der Waals surface area (Å²) < 4.78 is 2.36. The number of hydrogen-bond acceptors (Lipinski definition) is 5. The highest BCUT2D eigenvalue weighted by Gasteiger charge is 2.24. The summed E-state index contributed by atoms with van der Waals surface area (Å²) in [7, 11) is 0. The zero-order valence-corrected chi connectivity index (χ0v) is 21.4. The van der Waals surface area contributed by atoms with E-state index in [-0.39, 0.29) is 6.10 Å². The van der Waals surface area contributed by atoms with Gasteiger partial charge >= 0.3 is 0 Å². The van der Waals surface area contributed by atoms with E-state index >= 15 is 0 Å². The van der Waals surface area contributed by atoms with Gasteiger partial charge in [0.2, 0.25) is 5.95 Å². The van der Waals surface area contributed by atoms with Crippen LogP contribution in [0.5, 0.6) is 0 Å². The zero-order chi connectivity index (χ0) is 24.2. The van der Waals surface area contributed by atoms with Crippen LogP contribution in [0.1, 0.15) is 83.2 Å². The lowest BCUT2D eigenvalue weighted by molar-refractivity contribution is 0.111. The van der Waals surface area contributed by atoms with E-state index < -0.39 is 0 Å². The Balaban J connectivity index is 1.45. The molecule has 188 valence electrons. The summed E-state index contributed by atoms with van der Waals surface area (Å²) in [6.45, 7) is 7.87. The van der Waals surface area contributed by atoms with Crippen molar-refractivity contribution in [2.24, 2.45) is 0 Å². The summed E-state index contributed by atoms with van der Waals surface area (Å²) in [4.78, 5) is 12.3. The van der Waals surface area contributed by atoms with E-state index in [9.17, 15) is 5.11 Å². The average Bonchev–Trinajstić information content (AvgIpc) is 3.24. The van der Waals surface area contributed by atoms with E-state index in [2.05, 4.69) is 59.1 Å². The summed E-state index contributed by atoms with van der Waals surface area (Å²) in [6.07, 6.45) is 14.0. The van der Waals surface area contributed by atoms with Gasteiger partial charge in [-0.05, 0) is 76.1 Å². The highest BCUT2D eigenvalue weighted by Crippen LogP contribution is 2.37. The van der Waals surface area contributed by atoms with E-state index in [0.717, 1.165) is 56.1 Å². The van der Waals surface area contributed by atoms with Crippen LogP contribution in [0.15, 0.2) is 36.7 Å². The maximum atomic E-state index is 10.1. The number of likely N-dealkylation sites (tertiary alicyclic amines) is 1. The van der Waals surface area contributed by atoms with Crippen molar-refractivity contribution >= 4 is 17.0 Å². The normalized spacial score (nSPS) is 22.4. The molecule has 1 atom stereocenters. The first-order valence-corrected chi connectivity index (χ1v) is 13.7. The van der Waals surface area contributed by atoms with Gasteiger partial charge in [0.05, 0.1) is 6.10 Å². The molecule has 0 radical (unpaired) electrons. The molecular formula is C29H41N5O. The molecule has 2 aliphatic rings. The maximum Gasteiger partial charge on any atom is 0.224 e. The van der Waals surface area contributed by atoms with Gasteiger partial charge in [-0.2, -0.15) is 4.98 Å². The molecule has 1 saturated heterocycles. The van der Waals surface area contributed by atoms with E-state index in [4.69, 9.17) is 9.97 Å². The number of rotatable bonds is 8. The number of hydrogen-bond donors (Lipinski definition) is 2. The molecule has 5 rings (SSSR count). The molecule has 6 nitrogen and oxygen atoms in total. The first-order chi connectivity index (χ1) is 17.1. The van der Waals surface area contributed by atoms with Gasteiger partial charge in [-0.3, -0.25) is 4.90 Å². The molecule has 0 unspecified atom stereocenters. The molecule has 0 amide bonds. The van der Waals surface area contributed by atoms with Crippen LogP contribution in [0.25, 0.3) is 22.2 Å². The highest BCUT2D eigenvalue weighted by atomic mass is 16.3. The number of aliphatic hydroxyl groups is 1. The topological polar surface area (TPSA) is 66.2 Å². The molecule has 6 heteroatoms. The summed E-state index contributed by atoms with van der Waals surface area (Å²) >= 11 is 0. The molecule has 2 fully saturated rings. The van der Waals surface area contributed by atoms with E-state index in [1.165, 1.54) is 49.0 Å². The first kappa shape index (κ1) is 24.3. The molecule has 0 bridgehead atoms. The number of fused-ring (bicyclic) bond motifs is 1. The fourth-order valence-corrected chi connectivity index (χ4v) is 5.83. The monoisotopic (exact) mass is 475 g/mol. The standard InChI is InChI=1S/C29H41N5O/c1-3-7-21(2)31-29-30-18-26-27(20-34(28(26)32-29)24-12-14-25(35)15-13-24)23-10-8-22(9-11-23)19-33-16-5-4-6-17-33/h8-11,18,20-21,24-25,35H,3-7,12-17,19H2,1-2H3,(H,30,31,32)/t21-,24-,25-/m0/s1. The van der Waals surface area contributed by atoms with Crippen LogP contribution in [-0.4, -0.2) is 49.8 Å². The minimum atomic E-state index is -0.165. The smallest absolute Gasteiger partial charge is 0.224 e. The van der Waals surface area contributed by atoms with Crippen molar-refractivity contribution < 1.29 is 5.11 Å². The molecule has 3 aromatic rings. The largest absolute Gasteiger partial charge is 0.393 e. The van der Waals surface area contributed by atoms with Gasteiger partial charge in [0.1, 0.15) is 5.65 Å². The second-order valence-corrected chi connectivity index (χ2v) is 10.7. The van der Waals surface area contributed by atoms with Crippen molar-refractivity contribution in [3.8, 4) is 11.1 Å². The zero-order valence-electron chi connectivity index (χ0n) is 21.4. The third-order valence-electron chi connectivity index (χ3n) is 7.85. The van der Waals surface area contributed by atoms with Gasteiger partial charge < -0.3 is 15.0 Å². The van der Waals surface area contributed by atoms with Crippen LogP contribution in [-0.2, 0) is 6.54 Å². The van der Waals surface area contributed by atoms with Gasteiger partial charge in [-0.25, -0.2) is 4.98 Å². The number of benzene rings is 1. The highest BCUT2D eigenvalue weighted by molar-refractivity contribution is 5.94. The third-order valence-corrected chi connectivity index (χ3v) is 7.85. The van der Waals surface area contributed by atoms with Crippen LogP contribution < -0.4 is 5.32 Å². The van der Waals surface area contributed by atoms with E-state index in [1.54, 1.807) is 0 Å². The van der Waals surface area contributed by atoms with Crippen LogP contribution in [0, 0.1) is 0 Å². The summed E-state index contributed by atoms with van der Waals surface area (Å²) in [5, 5.41) is 14.7. The minimum absolute atomic E-state index is 0.165. The molecule has 2 aromatic heterocycles. The molecule has 3 heterocycles. The van der Waals surface area contributed by atoms with Crippen molar-refractivity contribution in [3.05, 3.63) is 42.2 Å². The molecule has 1 aromatic carbocycles. The summed E-state index contributed by atoms with van der Waals surface area (Å²) in [6, 6.07) is 9.80. The Morgan fingerprint density at radius 1 is 1.06 bits per heavy atom. The fraction of sp³-hybridized carbons (Fsp3) is 0.586. The quantitative estimate of drug-likeness (QED) is 0.408. The predicted molar refractivity (Wildman–Crippen MR) is 144 cm³/mol. The SMILES string of the molecule is CCC[C@H](C)Nc1ncc2c(-c3ccc(CN4CCCCC4)cc3)cn([C@H]3CC[C@H](O)CC3)c2n1. The third kappa shape index (κ3) is 5.70. The Kier molecular flexibility index (Phi) is 7.69. The summed E-state index contributed by atoms with van der Waals surface area (Å²) in [5.74, 6) is 0.706. The Bertz CT molecular complexity index is 1090. The minimum Gasteiger partial charge on any atom is -0.393 e. The number of nitrogens with zero attached hydrogens (tertiary/aromatic N) is 4. The van der Waals surface area contributed by atoms with Crippen molar-refractivity contribution in [2.45, 2.75) is 96.4 Å². The second-order valence-electron chi connectivity index (χ2n) is 10.7. The lowest BCUT2D eigenvalue weighted by atomic mass is 9.93. The van der Waals surface area contributed by atoms with Gasteiger partial charge in [0, 0.05) is 42.0 Å². The van der Waals surface area contributed by atoms with Crippen LogP contribution in [0.4, 0.5) is 5.95 Å². The van der Waals surface area contributed by atoms with Gasteiger partial charge in [0.25, 0.3) is 0 Å². The Morgan fingerprint density at radius 3 is 2.51 bits per heavy atom. The molecule has 1 aliphatic carbocycles. The average molecular weight is 476 g/mol. The number of anilines is 1. The fourth-order valence-electron chi connectivity index (χ4n) is 5.83. The van der Waals surface area contributed by atoms with Crippen LogP contribution in [0.3, 0.4) is 0 Å². The van der Waals surface area contributed by atoms with E-state index in [0.29, 0.717) is 18.0 Å². The Hall–Kier alpha value is -2.44. The number of aromatic nitrogens is 3. The number of nitrogens with one attached hydrogen (secondary N) is 1. The Morgan fingerprint density at radius 2 is 1.80 bits per heavy atom. The predicted octanol–water partition coefficient (Wildman–Crippen LogP) is 6.16. The molecule has 1 aliphatic heterocycles. The van der Waals surface area contributed by atoms with E-state index in [1.807, 2.05) is 6.20 Å². The van der Waals surface area contributed by atoms with Gasteiger partial charge in [-0.1, -0.05) is 44.0 Å². The molecule has 35 heavy (non-hydrogen) atoms. The lowest BCUT2D eigenvalue weighted by Crippen LogP contribution is -2.28. The van der Waals surface area contributed by atoms with Crippen LogP contribution >= 0.6 is 0 Å². The van der Waals surface area contributed by atoms with Crippen molar-refractivity contribution in [2.75, 3.05) is 18.4 Å². The molecule has 2 N–H and O–H groups in total. The molecule has 1 saturated carbocycles. The van der Waals surface area contributed by atoms with Crippen molar-refractivity contribution in [1.82, 2.24) is 19.4 Å². The Labute approximate surface area is 209 Å². The van der Waals surface area contributed by atoms with Crippen LogP contribution in [0.2, 0.25) is 0 Å². The lowest BCUT2D eigenvalue weighted by Gasteiger charge is -2.27. The number of piperidine rings is 1.